The topological polar surface area (TPSA) is 25.8 Å². The molecule has 0 saturated heterocycles. The van der Waals surface area contributed by atoms with Gasteiger partial charge in [-0.3, -0.25) is 0 Å². The van der Waals surface area contributed by atoms with Crippen LogP contribution < -0.4 is 10.1 Å². The quantitative estimate of drug-likeness (QED) is 0.775. The van der Waals surface area contributed by atoms with Crippen LogP contribution in [0.5, 0.6) is 5.75 Å². The SMILES string of the molecule is CC[C@@H](C)[NH2+]CCCOc1ccc(Cl)c2ccccc12. The molecule has 3 heteroatoms. The molecular formula is C17H23ClNO+. The van der Waals surface area contributed by atoms with Crippen molar-refractivity contribution in [2.45, 2.75) is 32.7 Å². The van der Waals surface area contributed by atoms with Gasteiger partial charge in [-0.1, -0.05) is 42.8 Å². The Morgan fingerprint density at radius 3 is 2.65 bits per heavy atom. The first-order chi connectivity index (χ1) is 9.72. The normalized spacial score (nSPS) is 12.6. The van der Waals surface area contributed by atoms with Crippen LogP contribution >= 0.6 is 11.6 Å². The fraction of sp³-hybridized carbons (Fsp3) is 0.412. The van der Waals surface area contributed by atoms with E-state index in [9.17, 15) is 0 Å². The molecule has 2 aromatic rings. The van der Waals surface area contributed by atoms with Crippen molar-refractivity contribution in [3.8, 4) is 5.75 Å². The smallest absolute Gasteiger partial charge is 0.127 e. The van der Waals surface area contributed by atoms with Crippen molar-refractivity contribution >= 4 is 22.4 Å². The molecule has 2 nitrogen and oxygen atoms in total. The highest BCUT2D eigenvalue weighted by Crippen LogP contribution is 2.31. The van der Waals surface area contributed by atoms with Crippen LogP contribution in [0.25, 0.3) is 10.8 Å². The van der Waals surface area contributed by atoms with E-state index in [-0.39, 0.29) is 0 Å². The molecule has 2 aromatic carbocycles. The van der Waals surface area contributed by atoms with Gasteiger partial charge in [-0.25, -0.2) is 0 Å². The van der Waals surface area contributed by atoms with Gasteiger partial charge in [-0.15, -0.1) is 0 Å². The van der Waals surface area contributed by atoms with Gasteiger partial charge >= 0.3 is 0 Å². The van der Waals surface area contributed by atoms with Crippen LogP contribution in [0.2, 0.25) is 5.02 Å². The van der Waals surface area contributed by atoms with E-state index in [4.69, 9.17) is 16.3 Å². The number of benzene rings is 2. The maximum atomic E-state index is 6.20. The Morgan fingerprint density at radius 2 is 1.90 bits per heavy atom. The van der Waals surface area contributed by atoms with Gasteiger partial charge < -0.3 is 10.1 Å². The third-order valence-corrected chi connectivity index (χ3v) is 3.98. The van der Waals surface area contributed by atoms with Crippen LogP contribution in [0.3, 0.4) is 0 Å². The molecule has 0 unspecified atom stereocenters. The number of nitrogens with two attached hydrogens (primary N) is 1. The van der Waals surface area contributed by atoms with Crippen LogP contribution in [-0.2, 0) is 0 Å². The van der Waals surface area contributed by atoms with Gasteiger partial charge in [0.05, 0.1) is 19.2 Å². The largest absolute Gasteiger partial charge is 0.493 e. The Labute approximate surface area is 126 Å². The lowest BCUT2D eigenvalue weighted by Crippen LogP contribution is -2.89. The van der Waals surface area contributed by atoms with Crippen molar-refractivity contribution in [3.05, 3.63) is 41.4 Å². The molecule has 0 amide bonds. The van der Waals surface area contributed by atoms with Crippen molar-refractivity contribution in [3.63, 3.8) is 0 Å². The molecule has 2 N–H and O–H groups in total. The molecule has 108 valence electrons. The van der Waals surface area contributed by atoms with Gasteiger partial charge in [-0.05, 0) is 25.5 Å². The number of fused-ring (bicyclic) bond motifs is 1. The maximum absolute atomic E-state index is 6.20. The van der Waals surface area contributed by atoms with E-state index in [0.29, 0.717) is 6.04 Å². The summed E-state index contributed by atoms with van der Waals surface area (Å²) in [5.74, 6) is 0.925. The van der Waals surface area contributed by atoms with Crippen molar-refractivity contribution in [1.29, 1.82) is 0 Å². The summed E-state index contributed by atoms with van der Waals surface area (Å²) in [6.07, 6.45) is 2.27. The average molecular weight is 293 g/mol. The average Bonchev–Trinajstić information content (AvgIpc) is 2.49. The van der Waals surface area contributed by atoms with E-state index in [2.05, 4.69) is 25.2 Å². The number of hydrogen-bond acceptors (Lipinski definition) is 1. The minimum atomic E-state index is 0.700. The van der Waals surface area contributed by atoms with Gasteiger partial charge in [-0.2, -0.15) is 0 Å². The molecule has 0 aliphatic carbocycles. The van der Waals surface area contributed by atoms with E-state index in [1.807, 2.05) is 30.3 Å². The summed E-state index contributed by atoms with van der Waals surface area (Å²) >= 11 is 6.20. The lowest BCUT2D eigenvalue weighted by molar-refractivity contribution is -0.686. The first-order valence-corrected chi connectivity index (χ1v) is 7.73. The molecule has 0 aromatic heterocycles. The second-order valence-electron chi connectivity index (χ2n) is 5.20. The van der Waals surface area contributed by atoms with E-state index < -0.39 is 0 Å². The zero-order valence-electron chi connectivity index (χ0n) is 12.2. The summed E-state index contributed by atoms with van der Waals surface area (Å²) in [4.78, 5) is 0. The second-order valence-corrected chi connectivity index (χ2v) is 5.61. The summed E-state index contributed by atoms with van der Waals surface area (Å²) in [7, 11) is 0. The summed E-state index contributed by atoms with van der Waals surface area (Å²) in [5, 5.41) is 5.30. The van der Waals surface area contributed by atoms with Gasteiger partial charge in [0.15, 0.2) is 0 Å². The Balaban J connectivity index is 1.92. The molecule has 2 rings (SSSR count). The third kappa shape index (κ3) is 3.87. The number of hydrogen-bond donors (Lipinski definition) is 1. The molecule has 0 fully saturated rings. The zero-order valence-corrected chi connectivity index (χ0v) is 13.0. The second kappa shape index (κ2) is 7.51. The van der Waals surface area contributed by atoms with Gasteiger partial charge in [0.2, 0.25) is 0 Å². The van der Waals surface area contributed by atoms with Crippen molar-refractivity contribution in [1.82, 2.24) is 0 Å². The molecule has 0 aliphatic heterocycles. The summed E-state index contributed by atoms with van der Waals surface area (Å²) in [6, 6.07) is 12.7. The van der Waals surface area contributed by atoms with Crippen molar-refractivity contribution in [2.75, 3.05) is 13.2 Å². The van der Waals surface area contributed by atoms with Crippen LogP contribution in [0.15, 0.2) is 36.4 Å². The van der Waals surface area contributed by atoms with Crippen LogP contribution in [0.1, 0.15) is 26.7 Å². The molecule has 0 spiro atoms. The van der Waals surface area contributed by atoms with Crippen LogP contribution in [-0.4, -0.2) is 19.2 Å². The standard InChI is InChI=1S/C17H22ClNO/c1-3-13(2)19-11-6-12-20-17-10-9-16(18)14-7-4-5-8-15(14)17/h4-5,7-10,13,19H,3,6,11-12H2,1-2H3/p+1/t13-/m1/s1. The number of quaternary nitrogens is 1. The third-order valence-electron chi connectivity index (χ3n) is 3.65. The highest BCUT2D eigenvalue weighted by atomic mass is 35.5. The Morgan fingerprint density at radius 1 is 1.15 bits per heavy atom. The van der Waals surface area contributed by atoms with Crippen molar-refractivity contribution in [2.24, 2.45) is 0 Å². The fourth-order valence-corrected chi connectivity index (χ4v) is 2.42. The first-order valence-electron chi connectivity index (χ1n) is 7.35. The highest BCUT2D eigenvalue weighted by Gasteiger charge is 2.05. The first kappa shape index (κ1) is 15.1. The van der Waals surface area contributed by atoms with E-state index in [1.54, 1.807) is 0 Å². The zero-order chi connectivity index (χ0) is 14.4. The highest BCUT2D eigenvalue weighted by molar-refractivity contribution is 6.35. The van der Waals surface area contributed by atoms with Crippen LogP contribution in [0, 0.1) is 0 Å². The molecule has 0 saturated carbocycles. The molecular weight excluding hydrogens is 270 g/mol. The number of ether oxygens (including phenoxy) is 1. The minimum Gasteiger partial charge on any atom is -0.493 e. The van der Waals surface area contributed by atoms with E-state index >= 15 is 0 Å². The predicted molar refractivity (Wildman–Crippen MR) is 85.6 cm³/mol. The number of rotatable bonds is 7. The minimum absolute atomic E-state index is 0.700. The monoisotopic (exact) mass is 292 g/mol. The van der Waals surface area contributed by atoms with Crippen LogP contribution in [0.4, 0.5) is 0 Å². The molecule has 20 heavy (non-hydrogen) atoms. The Kier molecular flexibility index (Phi) is 5.69. The molecule has 0 bridgehead atoms. The van der Waals surface area contributed by atoms with Gasteiger partial charge in [0.1, 0.15) is 5.75 Å². The lowest BCUT2D eigenvalue weighted by Gasteiger charge is -2.11. The van der Waals surface area contributed by atoms with E-state index in [1.165, 1.54) is 6.42 Å². The van der Waals surface area contributed by atoms with Gasteiger partial charge in [0, 0.05) is 22.2 Å². The molecule has 1 atom stereocenters. The maximum Gasteiger partial charge on any atom is 0.127 e. The Hall–Kier alpha value is -1.25. The molecule has 0 heterocycles. The molecule has 0 aliphatic rings. The fourth-order valence-electron chi connectivity index (χ4n) is 2.20. The summed E-state index contributed by atoms with van der Waals surface area (Å²) in [6.45, 7) is 6.34. The van der Waals surface area contributed by atoms with Gasteiger partial charge in [0.25, 0.3) is 0 Å². The Bertz CT molecular complexity index is 556. The summed E-state index contributed by atoms with van der Waals surface area (Å²) in [5.41, 5.74) is 0. The van der Waals surface area contributed by atoms with E-state index in [0.717, 1.165) is 41.1 Å². The molecule has 0 radical (unpaired) electrons. The lowest BCUT2D eigenvalue weighted by atomic mass is 10.1. The number of halogens is 1. The predicted octanol–water partition coefficient (Wildman–Crippen LogP) is 3.62. The van der Waals surface area contributed by atoms with Crippen molar-refractivity contribution < 1.29 is 10.1 Å². The summed E-state index contributed by atoms with van der Waals surface area (Å²) < 4.78 is 5.91.